The predicted octanol–water partition coefficient (Wildman–Crippen LogP) is 4.83. The fraction of sp³-hybridized carbons (Fsp3) is 0.273. The van der Waals surface area contributed by atoms with E-state index < -0.39 is 18.0 Å². The molecule has 0 aliphatic carbocycles. The topological polar surface area (TPSA) is 52.8 Å². The lowest BCUT2D eigenvalue weighted by Gasteiger charge is -2.25. The molecule has 0 saturated heterocycles. The van der Waals surface area contributed by atoms with Crippen molar-refractivity contribution in [1.82, 2.24) is 4.57 Å². The van der Waals surface area contributed by atoms with Crippen molar-refractivity contribution in [1.29, 1.82) is 0 Å². The molecule has 1 N–H and O–H groups in total. The number of ether oxygens (including phenoxy) is 3. The predicted molar refractivity (Wildman–Crippen MR) is 108 cm³/mol. The lowest BCUT2D eigenvalue weighted by molar-refractivity contribution is -0.00872. The average molecular weight is 418 g/mol. The number of fused-ring (bicyclic) bond motifs is 3. The second-order valence-corrected chi connectivity index (χ2v) is 7.16. The fourth-order valence-corrected chi connectivity index (χ4v) is 4.05. The molecule has 0 fully saturated rings. The zero-order valence-electron chi connectivity index (χ0n) is 16.1. The molecule has 0 radical (unpaired) electrons. The van der Waals surface area contributed by atoms with Crippen molar-refractivity contribution in [2.75, 3.05) is 20.8 Å². The van der Waals surface area contributed by atoms with Crippen LogP contribution in [0.2, 0.25) is 5.02 Å². The van der Waals surface area contributed by atoms with Crippen LogP contribution in [0.15, 0.2) is 48.7 Å². The van der Waals surface area contributed by atoms with Gasteiger partial charge in [0.25, 0.3) is 0 Å². The van der Waals surface area contributed by atoms with E-state index in [0.29, 0.717) is 22.8 Å². The Morgan fingerprint density at radius 2 is 2.00 bits per heavy atom. The first kappa shape index (κ1) is 19.8. The minimum atomic E-state index is -0.815. The van der Waals surface area contributed by atoms with Gasteiger partial charge in [0.1, 0.15) is 18.0 Å². The van der Waals surface area contributed by atoms with E-state index in [1.165, 1.54) is 26.4 Å². The van der Waals surface area contributed by atoms with Crippen LogP contribution >= 0.6 is 11.6 Å². The van der Waals surface area contributed by atoms with Gasteiger partial charge in [-0.2, -0.15) is 0 Å². The molecule has 4 rings (SSSR count). The van der Waals surface area contributed by atoms with E-state index in [9.17, 15) is 5.11 Å². The van der Waals surface area contributed by atoms with Crippen molar-refractivity contribution < 1.29 is 23.7 Å². The van der Waals surface area contributed by atoms with Crippen LogP contribution in [0.25, 0.3) is 5.69 Å². The van der Waals surface area contributed by atoms with E-state index in [4.69, 9.17) is 25.8 Å². The van der Waals surface area contributed by atoms with Crippen molar-refractivity contribution in [3.63, 3.8) is 0 Å². The van der Waals surface area contributed by atoms with E-state index in [1.807, 2.05) is 29.0 Å². The first-order chi connectivity index (χ1) is 14.1. The number of methoxy groups -OCH3 is 2. The highest BCUT2D eigenvalue weighted by Crippen LogP contribution is 2.47. The van der Waals surface area contributed by atoms with Crippen molar-refractivity contribution in [2.45, 2.75) is 18.6 Å². The third-order valence-electron chi connectivity index (χ3n) is 5.13. The van der Waals surface area contributed by atoms with Crippen molar-refractivity contribution >= 4 is 11.6 Å². The number of aliphatic hydroxyl groups excluding tert-OH is 1. The van der Waals surface area contributed by atoms with Crippen LogP contribution in [0.5, 0.6) is 11.5 Å². The highest BCUT2D eigenvalue weighted by molar-refractivity contribution is 6.30. The summed E-state index contributed by atoms with van der Waals surface area (Å²) in [4.78, 5) is 0. The lowest BCUT2D eigenvalue weighted by Crippen LogP contribution is -2.14. The number of aliphatic hydroxyl groups is 1. The maximum absolute atomic E-state index is 15.1. The van der Waals surface area contributed by atoms with Crippen LogP contribution in [-0.2, 0) is 4.74 Å². The van der Waals surface area contributed by atoms with Crippen LogP contribution in [0.3, 0.4) is 0 Å². The van der Waals surface area contributed by atoms with Crippen molar-refractivity contribution in [3.8, 4) is 17.2 Å². The van der Waals surface area contributed by atoms with E-state index in [2.05, 4.69) is 0 Å². The summed E-state index contributed by atoms with van der Waals surface area (Å²) < 4.78 is 34.4. The molecule has 0 bridgehead atoms. The molecule has 0 saturated carbocycles. The Morgan fingerprint density at radius 1 is 1.17 bits per heavy atom. The van der Waals surface area contributed by atoms with Gasteiger partial charge in [0.2, 0.25) is 0 Å². The van der Waals surface area contributed by atoms with E-state index in [-0.39, 0.29) is 17.9 Å². The number of hydrogen-bond acceptors (Lipinski definition) is 4. The molecule has 29 heavy (non-hydrogen) atoms. The highest BCUT2D eigenvalue weighted by atomic mass is 35.5. The number of halogens is 2. The summed E-state index contributed by atoms with van der Waals surface area (Å²) in [5, 5.41) is 10.1. The molecule has 152 valence electrons. The van der Waals surface area contributed by atoms with Crippen molar-refractivity contribution in [3.05, 3.63) is 76.3 Å². The van der Waals surface area contributed by atoms with Crippen molar-refractivity contribution in [2.24, 2.45) is 0 Å². The molecule has 0 spiro atoms. The largest absolute Gasteiger partial charge is 0.493 e. The van der Waals surface area contributed by atoms with Crippen LogP contribution in [0, 0.1) is 5.82 Å². The number of nitrogens with zero attached hydrogens (tertiary/aromatic N) is 1. The second kappa shape index (κ2) is 8.06. The fourth-order valence-electron chi connectivity index (χ4n) is 3.87. The molecule has 5 nitrogen and oxygen atoms in total. The number of aromatic nitrogens is 1. The molecule has 2 heterocycles. The molecule has 1 aliphatic rings. The minimum absolute atomic E-state index is 0.0720. The summed E-state index contributed by atoms with van der Waals surface area (Å²) in [6, 6.07) is 12.1. The SMILES string of the molecule is COc1ccc(F)c([C@@H]2O[C@@H](CCO)c3cccn3-c3ccc(Cl)cc32)c1OC. The van der Waals surface area contributed by atoms with Crippen LogP contribution in [-0.4, -0.2) is 30.5 Å². The van der Waals surface area contributed by atoms with Gasteiger partial charge in [-0.25, -0.2) is 4.39 Å². The monoisotopic (exact) mass is 417 g/mol. The summed E-state index contributed by atoms with van der Waals surface area (Å²) in [5.74, 6) is 0.185. The summed E-state index contributed by atoms with van der Waals surface area (Å²) in [6.07, 6.45) is 1.000. The molecule has 1 aromatic heterocycles. The third kappa shape index (κ3) is 3.37. The third-order valence-corrected chi connectivity index (χ3v) is 5.36. The van der Waals surface area contributed by atoms with Gasteiger partial charge in [-0.05, 0) is 42.5 Å². The quantitative estimate of drug-likeness (QED) is 0.646. The molecule has 3 aromatic rings. The first-order valence-electron chi connectivity index (χ1n) is 9.22. The zero-order valence-corrected chi connectivity index (χ0v) is 16.8. The molecule has 1 aliphatic heterocycles. The molecule has 2 atom stereocenters. The Bertz CT molecular complexity index is 1040. The molecule has 7 heteroatoms. The van der Waals surface area contributed by atoms with Gasteiger partial charge in [-0.3, -0.25) is 0 Å². The Labute approximate surface area is 173 Å². The van der Waals surface area contributed by atoms with Gasteiger partial charge in [0, 0.05) is 29.8 Å². The second-order valence-electron chi connectivity index (χ2n) is 6.72. The van der Waals surface area contributed by atoms with Gasteiger partial charge in [-0.15, -0.1) is 0 Å². The summed E-state index contributed by atoms with van der Waals surface area (Å²) in [7, 11) is 2.96. The molecular formula is C22H21ClFNO4. The Morgan fingerprint density at radius 3 is 2.72 bits per heavy atom. The normalized spacial score (nSPS) is 18.0. The minimum Gasteiger partial charge on any atom is -0.493 e. The molecule has 2 aromatic carbocycles. The standard InChI is InChI=1S/C22H21ClFNO4/c1-27-19-8-6-15(24)20(22(19)28-2)21-14-12-13(23)5-7-16(14)25-10-3-4-17(25)18(29-21)9-11-26/h3-8,10,12,18,21,26H,9,11H2,1-2H3/t18-,21+/m0/s1. The van der Waals surface area contributed by atoms with Crippen LogP contribution < -0.4 is 9.47 Å². The van der Waals surface area contributed by atoms with Crippen LogP contribution in [0.1, 0.15) is 35.4 Å². The number of rotatable bonds is 5. The molecular weight excluding hydrogens is 397 g/mol. The Hall–Kier alpha value is -2.54. The van der Waals surface area contributed by atoms with E-state index in [1.54, 1.807) is 12.1 Å². The maximum Gasteiger partial charge on any atom is 0.169 e. The number of hydrogen-bond donors (Lipinski definition) is 1. The van der Waals surface area contributed by atoms with E-state index in [0.717, 1.165) is 11.4 Å². The lowest BCUT2D eigenvalue weighted by atomic mass is 9.97. The zero-order chi connectivity index (χ0) is 20.5. The van der Waals surface area contributed by atoms with Gasteiger partial charge in [0.05, 0.1) is 31.2 Å². The van der Waals surface area contributed by atoms with Crippen LogP contribution in [0.4, 0.5) is 4.39 Å². The average Bonchev–Trinajstić information content (AvgIpc) is 3.16. The van der Waals surface area contributed by atoms with E-state index >= 15 is 4.39 Å². The summed E-state index contributed by atoms with van der Waals surface area (Å²) in [6.45, 7) is -0.0720. The summed E-state index contributed by atoms with van der Waals surface area (Å²) in [5.41, 5.74) is 2.61. The summed E-state index contributed by atoms with van der Waals surface area (Å²) >= 11 is 6.30. The van der Waals surface area contributed by atoms with Gasteiger partial charge in [-0.1, -0.05) is 11.6 Å². The molecule has 0 amide bonds. The Balaban J connectivity index is 1.99. The first-order valence-corrected chi connectivity index (χ1v) is 9.60. The molecule has 0 unspecified atom stereocenters. The maximum atomic E-state index is 15.1. The smallest absolute Gasteiger partial charge is 0.169 e. The van der Waals surface area contributed by atoms with Gasteiger partial charge < -0.3 is 23.9 Å². The highest BCUT2D eigenvalue weighted by Gasteiger charge is 2.34. The van der Waals surface area contributed by atoms with Gasteiger partial charge in [0.15, 0.2) is 11.5 Å². The van der Waals surface area contributed by atoms with Gasteiger partial charge >= 0.3 is 0 Å². The Kier molecular flexibility index (Phi) is 5.50. The number of benzene rings is 2.